The fourth-order valence-corrected chi connectivity index (χ4v) is 4.28. The van der Waals surface area contributed by atoms with Gasteiger partial charge in [0.2, 0.25) is 5.91 Å². The molecular weight excluding hydrogens is 402 g/mol. The zero-order chi connectivity index (χ0) is 22.2. The molecule has 1 unspecified atom stereocenters. The van der Waals surface area contributed by atoms with Crippen LogP contribution in [0.15, 0.2) is 23.2 Å². The third kappa shape index (κ3) is 6.53. The van der Waals surface area contributed by atoms with Crippen LogP contribution in [0.5, 0.6) is 0 Å². The van der Waals surface area contributed by atoms with Gasteiger partial charge in [0.1, 0.15) is 11.6 Å². The number of nitrogens with one attached hydrogen (secondary N) is 1. The van der Waals surface area contributed by atoms with Gasteiger partial charge in [-0.05, 0) is 51.4 Å². The number of halogens is 2. The number of piperidine rings is 1. The first-order chi connectivity index (χ1) is 15.0. The van der Waals surface area contributed by atoms with Gasteiger partial charge in [-0.15, -0.1) is 0 Å². The van der Waals surface area contributed by atoms with E-state index in [9.17, 15) is 13.6 Å². The van der Waals surface area contributed by atoms with Crippen molar-refractivity contribution < 1.29 is 13.6 Å². The maximum Gasteiger partial charge on any atom is 0.221 e. The third-order valence-electron chi connectivity index (χ3n) is 5.96. The normalized spacial score (nSPS) is 20.7. The lowest BCUT2D eigenvalue weighted by Gasteiger charge is -2.37. The molecule has 0 aromatic heterocycles. The molecule has 2 fully saturated rings. The van der Waals surface area contributed by atoms with Crippen molar-refractivity contribution >= 4 is 17.6 Å². The van der Waals surface area contributed by atoms with Crippen LogP contribution < -0.4 is 16.0 Å². The van der Waals surface area contributed by atoms with Gasteiger partial charge >= 0.3 is 0 Å². The molecule has 2 heterocycles. The summed E-state index contributed by atoms with van der Waals surface area (Å²) in [4.78, 5) is 22.5. The highest BCUT2D eigenvalue weighted by atomic mass is 19.1. The van der Waals surface area contributed by atoms with Gasteiger partial charge in [0, 0.05) is 51.9 Å². The Bertz CT molecular complexity index is 766. The standard InChI is InChI=1S/C22H34F2N6O/c1-2-26-22(27-8-4-10-28-9-3-5-17(16-28)21(25)31)30-13-11-29(12-14-30)20-15-18(23)6-7-19(20)24/h6-7,15,17H,2-5,8-14,16H2,1H3,(H2,25,31)(H,26,27). The predicted molar refractivity (Wildman–Crippen MR) is 119 cm³/mol. The summed E-state index contributed by atoms with van der Waals surface area (Å²) in [5.74, 6) is -0.199. The average Bonchev–Trinajstić information content (AvgIpc) is 2.78. The van der Waals surface area contributed by atoms with Crippen molar-refractivity contribution in [3.8, 4) is 0 Å². The summed E-state index contributed by atoms with van der Waals surface area (Å²) in [6, 6.07) is 3.58. The predicted octanol–water partition coefficient (Wildman–Crippen LogP) is 1.64. The Labute approximate surface area is 183 Å². The highest BCUT2D eigenvalue weighted by Gasteiger charge is 2.24. The van der Waals surface area contributed by atoms with Crippen LogP contribution in [-0.4, -0.2) is 80.6 Å². The summed E-state index contributed by atoms with van der Waals surface area (Å²) < 4.78 is 27.6. The number of carbonyl (C=O) groups is 1. The van der Waals surface area contributed by atoms with Crippen LogP contribution in [0.1, 0.15) is 26.2 Å². The first kappa shape index (κ1) is 23.2. The highest BCUT2D eigenvalue weighted by molar-refractivity contribution is 5.80. The van der Waals surface area contributed by atoms with E-state index in [2.05, 4.69) is 15.1 Å². The summed E-state index contributed by atoms with van der Waals surface area (Å²) in [6.07, 6.45) is 2.81. The van der Waals surface area contributed by atoms with E-state index in [1.807, 2.05) is 11.8 Å². The number of benzene rings is 1. The average molecular weight is 437 g/mol. The Morgan fingerprint density at radius 2 is 2.00 bits per heavy atom. The van der Waals surface area contributed by atoms with Crippen LogP contribution in [0.4, 0.5) is 14.5 Å². The van der Waals surface area contributed by atoms with Crippen molar-refractivity contribution in [1.82, 2.24) is 15.1 Å². The Morgan fingerprint density at radius 1 is 1.23 bits per heavy atom. The van der Waals surface area contributed by atoms with Crippen LogP contribution in [0.25, 0.3) is 0 Å². The summed E-state index contributed by atoms with van der Waals surface area (Å²) in [5.41, 5.74) is 5.78. The van der Waals surface area contributed by atoms with Crippen LogP contribution in [0, 0.1) is 17.6 Å². The number of piperazine rings is 1. The number of carbonyl (C=O) groups excluding carboxylic acids is 1. The number of guanidine groups is 1. The summed E-state index contributed by atoms with van der Waals surface area (Å²) in [6.45, 7) is 8.74. The zero-order valence-electron chi connectivity index (χ0n) is 18.3. The van der Waals surface area contributed by atoms with Crippen LogP contribution >= 0.6 is 0 Å². The van der Waals surface area contributed by atoms with Crippen LogP contribution in [0.2, 0.25) is 0 Å². The second-order valence-electron chi connectivity index (χ2n) is 8.20. The number of nitrogens with two attached hydrogens (primary N) is 1. The van der Waals surface area contributed by atoms with E-state index in [-0.39, 0.29) is 11.8 Å². The minimum atomic E-state index is -0.426. The molecule has 3 rings (SSSR count). The molecule has 31 heavy (non-hydrogen) atoms. The number of aliphatic imine (C=N–C) groups is 1. The van der Waals surface area contributed by atoms with Gasteiger partial charge < -0.3 is 25.8 Å². The largest absolute Gasteiger partial charge is 0.369 e. The number of amides is 1. The zero-order valence-corrected chi connectivity index (χ0v) is 18.3. The molecule has 2 saturated heterocycles. The van der Waals surface area contributed by atoms with Crippen molar-refractivity contribution in [2.24, 2.45) is 16.6 Å². The summed E-state index contributed by atoms with van der Waals surface area (Å²) >= 11 is 0. The first-order valence-corrected chi connectivity index (χ1v) is 11.2. The number of anilines is 1. The molecule has 9 heteroatoms. The van der Waals surface area contributed by atoms with Crippen molar-refractivity contribution in [2.75, 3.05) is 63.8 Å². The topological polar surface area (TPSA) is 77.2 Å². The molecule has 0 aliphatic carbocycles. The van der Waals surface area contributed by atoms with Gasteiger partial charge in [-0.3, -0.25) is 9.79 Å². The first-order valence-electron chi connectivity index (χ1n) is 11.2. The quantitative estimate of drug-likeness (QED) is 0.386. The molecule has 2 aliphatic rings. The smallest absolute Gasteiger partial charge is 0.221 e. The molecule has 1 atom stereocenters. The second kappa shape index (κ2) is 11.3. The van der Waals surface area contributed by atoms with Crippen LogP contribution in [-0.2, 0) is 4.79 Å². The van der Waals surface area contributed by atoms with Gasteiger partial charge in [0.15, 0.2) is 5.96 Å². The lowest BCUT2D eigenvalue weighted by molar-refractivity contribution is -0.123. The minimum Gasteiger partial charge on any atom is -0.369 e. The molecule has 1 aromatic rings. The maximum absolute atomic E-state index is 14.1. The minimum absolute atomic E-state index is 0.0335. The lowest BCUT2D eigenvalue weighted by Crippen LogP contribution is -2.52. The maximum atomic E-state index is 14.1. The Morgan fingerprint density at radius 3 is 2.71 bits per heavy atom. The molecule has 0 bridgehead atoms. The van der Waals surface area contributed by atoms with Gasteiger partial charge in [-0.2, -0.15) is 0 Å². The van der Waals surface area contributed by atoms with Crippen molar-refractivity contribution in [2.45, 2.75) is 26.2 Å². The molecular formula is C22H34F2N6O. The molecule has 172 valence electrons. The molecule has 0 saturated carbocycles. The monoisotopic (exact) mass is 436 g/mol. The van der Waals surface area contributed by atoms with Gasteiger partial charge in [0.25, 0.3) is 0 Å². The molecule has 0 spiro atoms. The van der Waals surface area contributed by atoms with E-state index in [0.717, 1.165) is 57.5 Å². The molecule has 2 aliphatic heterocycles. The molecule has 7 nitrogen and oxygen atoms in total. The summed E-state index contributed by atoms with van der Waals surface area (Å²) in [5, 5.41) is 3.34. The number of hydrogen-bond acceptors (Lipinski definition) is 4. The highest BCUT2D eigenvalue weighted by Crippen LogP contribution is 2.22. The Balaban J connectivity index is 1.48. The van der Waals surface area contributed by atoms with Gasteiger partial charge in [0.05, 0.1) is 11.6 Å². The SMILES string of the molecule is CCNC(=NCCCN1CCCC(C(N)=O)C1)N1CCN(c2cc(F)ccc2F)CC1. The third-order valence-corrected chi connectivity index (χ3v) is 5.96. The lowest BCUT2D eigenvalue weighted by atomic mass is 9.97. The number of likely N-dealkylation sites (tertiary alicyclic amines) is 1. The molecule has 1 amide bonds. The number of hydrogen-bond donors (Lipinski definition) is 2. The summed E-state index contributed by atoms with van der Waals surface area (Å²) in [7, 11) is 0. The van der Waals surface area contributed by atoms with Crippen molar-refractivity contribution in [3.63, 3.8) is 0 Å². The number of rotatable bonds is 7. The second-order valence-corrected chi connectivity index (χ2v) is 8.20. The number of primary amides is 1. The molecule has 1 aromatic carbocycles. The fraction of sp³-hybridized carbons (Fsp3) is 0.636. The fourth-order valence-electron chi connectivity index (χ4n) is 4.28. The van der Waals surface area contributed by atoms with Gasteiger partial charge in [-0.1, -0.05) is 0 Å². The van der Waals surface area contributed by atoms with Crippen molar-refractivity contribution in [1.29, 1.82) is 0 Å². The van der Waals surface area contributed by atoms with Gasteiger partial charge in [-0.25, -0.2) is 8.78 Å². The van der Waals surface area contributed by atoms with E-state index in [0.29, 0.717) is 38.4 Å². The van der Waals surface area contributed by atoms with Crippen LogP contribution in [0.3, 0.4) is 0 Å². The van der Waals surface area contributed by atoms with E-state index < -0.39 is 11.6 Å². The Hall–Kier alpha value is -2.42. The van der Waals surface area contributed by atoms with Crippen molar-refractivity contribution in [3.05, 3.63) is 29.8 Å². The van der Waals surface area contributed by atoms with E-state index in [4.69, 9.17) is 10.7 Å². The van der Waals surface area contributed by atoms with E-state index in [1.54, 1.807) is 0 Å². The molecule has 0 radical (unpaired) electrons. The number of nitrogens with zero attached hydrogens (tertiary/aromatic N) is 4. The molecule has 3 N–H and O–H groups in total. The van der Waals surface area contributed by atoms with E-state index >= 15 is 0 Å². The van der Waals surface area contributed by atoms with E-state index in [1.165, 1.54) is 12.1 Å². The Kier molecular flexibility index (Phi) is 8.45.